The minimum atomic E-state index is 0. The summed E-state index contributed by atoms with van der Waals surface area (Å²) in [7, 11) is 0. The zero-order valence-electron chi connectivity index (χ0n) is 30.4. The van der Waals surface area contributed by atoms with Gasteiger partial charge in [-0.15, -0.1) is 0 Å². The molecule has 0 N–H and O–H groups in total. The van der Waals surface area contributed by atoms with Crippen LogP contribution in [-0.2, 0) is 56.3 Å². The zero-order valence-corrected chi connectivity index (χ0v) is 33.1. The van der Waals surface area contributed by atoms with Crippen LogP contribution < -0.4 is 0 Å². The molecule has 260 valence electrons. The van der Waals surface area contributed by atoms with Gasteiger partial charge >= 0.3 is 0 Å². The summed E-state index contributed by atoms with van der Waals surface area (Å²) < 4.78 is 0. The maximum Gasteiger partial charge on any atom is 0.156 e. The van der Waals surface area contributed by atoms with Gasteiger partial charge in [-0.25, -0.2) is 0 Å². The van der Waals surface area contributed by atoms with Crippen LogP contribution in [0.15, 0.2) is 35.5 Å². The van der Waals surface area contributed by atoms with Crippen molar-refractivity contribution in [3.05, 3.63) is 35.5 Å². The second-order valence-corrected chi connectivity index (χ2v) is 18.2. The van der Waals surface area contributed by atoms with Crippen LogP contribution in [0.4, 0.5) is 0 Å². The summed E-state index contributed by atoms with van der Waals surface area (Å²) in [6.07, 6.45) is 23.8. The number of fused-ring (bicyclic) bond motifs is 10. The molecular weight excluding hydrogens is 670 g/mol. The van der Waals surface area contributed by atoms with E-state index in [0.717, 1.165) is 56.3 Å². The molecular formula is C42H58O4V2. The molecule has 0 amide bonds. The third-order valence-electron chi connectivity index (χ3n) is 16.5. The molecule has 48 heavy (non-hydrogen) atoms. The molecule has 0 bridgehead atoms. The molecule has 12 atom stereocenters. The quantitative estimate of drug-likeness (QED) is 0.285. The largest absolute Gasteiger partial charge is 0.300 e. The zero-order chi connectivity index (χ0) is 32.8. The Bertz CT molecular complexity index is 1440. The van der Waals surface area contributed by atoms with Gasteiger partial charge in [-0.3, -0.25) is 19.2 Å². The fourth-order valence-electron chi connectivity index (χ4n) is 13.9. The van der Waals surface area contributed by atoms with E-state index in [2.05, 4.69) is 39.8 Å². The topological polar surface area (TPSA) is 68.3 Å². The standard InChI is InChI=1S/C21H30O2.C21H28O2.2V/c2*1-13(22)17-6-7-18-16-5-4-14-12-15(23)8-10-20(14,2)19(16)9-11-21(17,18)3;;/h12,16-19H,4-11H2,1-3H3;4-5,12,16-19H,6-11H2,1-3H3;;/t2*16-,17+,18-,19+,20+,21+;;/m00../s1. The number of carbonyl (C=O) groups is 4. The van der Waals surface area contributed by atoms with Gasteiger partial charge in [0.05, 0.1) is 0 Å². The van der Waals surface area contributed by atoms with E-state index in [1.165, 1.54) is 56.1 Å². The third kappa shape index (κ3) is 5.78. The monoisotopic (exact) mass is 728 g/mol. The molecule has 0 spiro atoms. The number of allylic oxidation sites excluding steroid dienone is 5. The van der Waals surface area contributed by atoms with Crippen LogP contribution in [-0.4, -0.2) is 23.1 Å². The van der Waals surface area contributed by atoms with Crippen molar-refractivity contribution in [2.75, 3.05) is 0 Å². The average molecular weight is 729 g/mol. The number of carbonyl (C=O) groups excluding carboxylic acids is 4. The van der Waals surface area contributed by atoms with E-state index in [1.807, 2.05) is 12.2 Å². The van der Waals surface area contributed by atoms with Crippen LogP contribution in [0.2, 0.25) is 0 Å². The molecule has 0 heterocycles. The first-order valence-corrected chi connectivity index (χ1v) is 18.9. The molecule has 8 aliphatic rings. The van der Waals surface area contributed by atoms with Crippen LogP contribution in [0, 0.1) is 69.0 Å². The number of Topliss-reactive ketones (excluding diaryl/α,β-unsaturated/α-hetero) is 2. The van der Waals surface area contributed by atoms with Gasteiger partial charge in [0, 0.05) is 61.8 Å². The second-order valence-electron chi connectivity index (χ2n) is 18.2. The van der Waals surface area contributed by atoms with Crippen LogP contribution >= 0.6 is 0 Å². The summed E-state index contributed by atoms with van der Waals surface area (Å²) in [6.45, 7) is 13.2. The Balaban J connectivity index is 0.000000180. The predicted octanol–water partition coefficient (Wildman–Crippen LogP) is 9.22. The molecule has 0 aromatic heterocycles. The first kappa shape index (κ1) is 38.3. The Morgan fingerprint density at radius 2 is 1.15 bits per heavy atom. The smallest absolute Gasteiger partial charge is 0.156 e. The van der Waals surface area contributed by atoms with E-state index in [0.29, 0.717) is 53.2 Å². The molecule has 0 aromatic rings. The Morgan fingerprint density at radius 3 is 1.77 bits per heavy atom. The Labute approximate surface area is 313 Å². The second kappa shape index (κ2) is 13.6. The minimum Gasteiger partial charge on any atom is -0.300 e. The van der Waals surface area contributed by atoms with Crippen LogP contribution in [0.1, 0.15) is 131 Å². The maximum absolute atomic E-state index is 12.1. The van der Waals surface area contributed by atoms with Crippen molar-refractivity contribution in [1.29, 1.82) is 0 Å². The van der Waals surface area contributed by atoms with E-state index < -0.39 is 0 Å². The van der Waals surface area contributed by atoms with Gasteiger partial charge in [0.2, 0.25) is 0 Å². The van der Waals surface area contributed by atoms with E-state index in [-0.39, 0.29) is 64.7 Å². The van der Waals surface area contributed by atoms with Gasteiger partial charge in [-0.1, -0.05) is 45.4 Å². The summed E-state index contributed by atoms with van der Waals surface area (Å²) in [5, 5.41) is 0. The molecule has 2 radical (unpaired) electrons. The summed E-state index contributed by atoms with van der Waals surface area (Å²) in [5.74, 6) is 6.12. The number of ketones is 4. The molecule has 0 aliphatic heterocycles. The Kier molecular flexibility index (Phi) is 10.8. The van der Waals surface area contributed by atoms with Crippen molar-refractivity contribution in [3.8, 4) is 0 Å². The van der Waals surface area contributed by atoms with E-state index >= 15 is 0 Å². The van der Waals surface area contributed by atoms with Crippen LogP contribution in [0.5, 0.6) is 0 Å². The normalized spacial score (nSPS) is 46.6. The summed E-state index contributed by atoms with van der Waals surface area (Å²) in [5.41, 5.74) is 3.57. The fourth-order valence-corrected chi connectivity index (χ4v) is 13.9. The fraction of sp³-hybridized carbons (Fsp3) is 0.762. The summed E-state index contributed by atoms with van der Waals surface area (Å²) in [6, 6.07) is 0. The number of hydrogen-bond acceptors (Lipinski definition) is 4. The van der Waals surface area contributed by atoms with Crippen molar-refractivity contribution in [1.82, 2.24) is 0 Å². The Morgan fingerprint density at radius 1 is 0.604 bits per heavy atom. The van der Waals surface area contributed by atoms with Gasteiger partial charge in [0.1, 0.15) is 11.6 Å². The molecule has 8 rings (SSSR count). The van der Waals surface area contributed by atoms with Crippen molar-refractivity contribution >= 4 is 23.1 Å². The molecule has 5 fully saturated rings. The molecule has 4 nitrogen and oxygen atoms in total. The van der Waals surface area contributed by atoms with Crippen molar-refractivity contribution < 1.29 is 56.3 Å². The predicted molar refractivity (Wildman–Crippen MR) is 182 cm³/mol. The molecule has 8 aliphatic carbocycles. The number of rotatable bonds is 2. The molecule has 0 aromatic carbocycles. The van der Waals surface area contributed by atoms with E-state index in [9.17, 15) is 19.2 Å². The molecule has 5 saturated carbocycles. The van der Waals surface area contributed by atoms with Crippen molar-refractivity contribution in [2.24, 2.45) is 69.0 Å². The number of hydrogen-bond donors (Lipinski definition) is 0. The third-order valence-corrected chi connectivity index (χ3v) is 16.5. The van der Waals surface area contributed by atoms with Gasteiger partial charge in [0.25, 0.3) is 0 Å². The van der Waals surface area contributed by atoms with Crippen LogP contribution in [0.3, 0.4) is 0 Å². The van der Waals surface area contributed by atoms with Gasteiger partial charge in [0.15, 0.2) is 11.6 Å². The SMILES string of the molecule is CC(=O)[C@H]1CC[C@H]2[C@@H]3C=CC4=CC(=O)CC[C@@]4(C)[C@@H]3CC[C@]12C.CC(=O)[C@H]1CC[C@H]2[C@@H]3CCC4=CC(=O)CC[C@@]4(C)[C@@H]3CC[C@]12C.[V].[V]. The average Bonchev–Trinajstić information content (AvgIpc) is 3.55. The first-order chi connectivity index (χ1) is 21.7. The van der Waals surface area contributed by atoms with Gasteiger partial charge in [-0.2, -0.15) is 0 Å². The van der Waals surface area contributed by atoms with Gasteiger partial charge < -0.3 is 0 Å². The summed E-state index contributed by atoms with van der Waals surface area (Å²) >= 11 is 0. The molecule has 6 heteroatoms. The maximum atomic E-state index is 12.1. The van der Waals surface area contributed by atoms with E-state index in [4.69, 9.17) is 0 Å². The minimum absolute atomic E-state index is 0. The summed E-state index contributed by atoms with van der Waals surface area (Å²) in [4.78, 5) is 48.0. The van der Waals surface area contributed by atoms with Crippen LogP contribution in [0.25, 0.3) is 0 Å². The van der Waals surface area contributed by atoms with E-state index in [1.54, 1.807) is 13.8 Å². The molecule has 0 saturated heterocycles. The molecule has 0 unspecified atom stereocenters. The first-order valence-electron chi connectivity index (χ1n) is 18.9. The van der Waals surface area contributed by atoms with Crippen molar-refractivity contribution in [3.63, 3.8) is 0 Å². The Hall–Kier alpha value is -0.931. The van der Waals surface area contributed by atoms with Gasteiger partial charge in [-0.05, 0) is 166 Å². The van der Waals surface area contributed by atoms with Crippen molar-refractivity contribution in [2.45, 2.75) is 131 Å².